The normalized spacial score (nSPS) is 10.1. The molecule has 1 aromatic carbocycles. The second-order valence-electron chi connectivity index (χ2n) is 3.68. The minimum Gasteiger partial charge on any atom is -0.325 e. The largest absolute Gasteiger partial charge is 0.325 e. The fourth-order valence-corrected chi connectivity index (χ4v) is 1.48. The molecule has 1 amide bonds. The quantitative estimate of drug-likeness (QED) is 0.868. The maximum atomic E-state index is 13.0. The molecule has 0 spiro atoms. The molecule has 3 N–H and O–H groups in total. The van der Waals surface area contributed by atoms with Gasteiger partial charge >= 0.3 is 0 Å². The van der Waals surface area contributed by atoms with Crippen LogP contribution >= 0.6 is 0 Å². The highest BCUT2D eigenvalue weighted by Gasteiger charge is 2.07. The number of carbonyl (C=O) groups excluding carboxylic acids is 1. The van der Waals surface area contributed by atoms with Gasteiger partial charge in [0, 0.05) is 12.1 Å². The Hall–Kier alpha value is -2.27. The van der Waals surface area contributed by atoms with Gasteiger partial charge in [-0.2, -0.15) is 0 Å². The van der Waals surface area contributed by atoms with Gasteiger partial charge in [0.05, 0.1) is 5.69 Å². The van der Waals surface area contributed by atoms with E-state index < -0.39 is 11.7 Å². The van der Waals surface area contributed by atoms with Crippen LogP contribution in [-0.2, 0) is 6.54 Å². The number of nitrogens with two attached hydrogens (primary N) is 1. The lowest BCUT2D eigenvalue weighted by atomic mass is 10.2. The van der Waals surface area contributed by atoms with Gasteiger partial charge < -0.3 is 11.1 Å². The van der Waals surface area contributed by atoms with Crippen molar-refractivity contribution >= 4 is 11.7 Å². The van der Waals surface area contributed by atoms with Crippen LogP contribution in [0.1, 0.15) is 16.1 Å². The molecule has 0 bridgehead atoms. The first-order chi connectivity index (χ1) is 8.69. The summed E-state index contributed by atoms with van der Waals surface area (Å²) in [5.74, 6) is -0.463. The lowest BCUT2D eigenvalue weighted by Crippen LogP contribution is -2.14. The molecule has 0 aliphatic rings. The van der Waals surface area contributed by atoms with Gasteiger partial charge in [-0.05, 0) is 30.3 Å². The number of benzene rings is 1. The van der Waals surface area contributed by atoms with Crippen LogP contribution in [0.25, 0.3) is 0 Å². The summed E-state index contributed by atoms with van der Waals surface area (Å²) in [5, 5.41) is 2.59. The number of pyridine rings is 1. The number of hydrogen-bond acceptors (Lipinski definition) is 3. The number of amides is 1. The molecular formula is C13H12FN3O. The highest BCUT2D eigenvalue weighted by Crippen LogP contribution is 2.09. The smallest absolute Gasteiger partial charge is 0.256 e. The molecule has 4 nitrogen and oxygen atoms in total. The Kier molecular flexibility index (Phi) is 3.64. The highest BCUT2D eigenvalue weighted by atomic mass is 19.1. The third-order valence-electron chi connectivity index (χ3n) is 2.34. The lowest BCUT2D eigenvalue weighted by Gasteiger charge is -2.05. The number of hydrogen-bond donors (Lipinski definition) is 2. The number of nitrogens with one attached hydrogen (secondary N) is 1. The molecule has 2 aromatic rings. The SMILES string of the molecule is NCc1cccc(NC(=O)c2cccc(F)c2)n1. The van der Waals surface area contributed by atoms with Crippen LogP contribution in [0.3, 0.4) is 0 Å². The molecule has 0 radical (unpaired) electrons. The Labute approximate surface area is 104 Å². The molecule has 0 saturated carbocycles. The summed E-state index contributed by atoms with van der Waals surface area (Å²) in [5.41, 5.74) is 6.37. The molecule has 5 heteroatoms. The van der Waals surface area contributed by atoms with Crippen LogP contribution in [0.4, 0.5) is 10.2 Å². The molecule has 1 heterocycles. The molecule has 2 rings (SSSR count). The van der Waals surface area contributed by atoms with E-state index >= 15 is 0 Å². The van der Waals surface area contributed by atoms with Gasteiger partial charge in [0.2, 0.25) is 0 Å². The van der Waals surface area contributed by atoms with Crippen molar-refractivity contribution in [1.29, 1.82) is 0 Å². The summed E-state index contributed by atoms with van der Waals surface area (Å²) in [7, 11) is 0. The number of carbonyl (C=O) groups is 1. The number of nitrogens with zero attached hydrogens (tertiary/aromatic N) is 1. The van der Waals surface area contributed by atoms with Gasteiger partial charge in [-0.15, -0.1) is 0 Å². The van der Waals surface area contributed by atoms with Crippen molar-refractivity contribution in [2.75, 3.05) is 5.32 Å². The zero-order chi connectivity index (χ0) is 13.0. The molecule has 1 aromatic heterocycles. The first-order valence-corrected chi connectivity index (χ1v) is 5.42. The molecule has 18 heavy (non-hydrogen) atoms. The Morgan fingerprint density at radius 3 is 2.78 bits per heavy atom. The van der Waals surface area contributed by atoms with Gasteiger partial charge in [-0.1, -0.05) is 12.1 Å². The Morgan fingerprint density at radius 2 is 2.06 bits per heavy atom. The van der Waals surface area contributed by atoms with E-state index in [4.69, 9.17) is 5.73 Å². The van der Waals surface area contributed by atoms with Gasteiger partial charge in [-0.25, -0.2) is 9.37 Å². The van der Waals surface area contributed by atoms with Crippen LogP contribution in [0.2, 0.25) is 0 Å². The van der Waals surface area contributed by atoms with E-state index in [1.54, 1.807) is 18.2 Å². The molecule has 0 aliphatic heterocycles. The Bertz CT molecular complexity index is 572. The van der Waals surface area contributed by atoms with Crippen LogP contribution in [0, 0.1) is 5.82 Å². The molecule has 0 atom stereocenters. The summed E-state index contributed by atoms with van der Waals surface area (Å²) in [6, 6.07) is 10.6. The van der Waals surface area contributed by atoms with Crippen LogP contribution < -0.4 is 11.1 Å². The van der Waals surface area contributed by atoms with Crippen LogP contribution in [0.15, 0.2) is 42.5 Å². The van der Waals surface area contributed by atoms with Crippen LogP contribution in [-0.4, -0.2) is 10.9 Å². The Morgan fingerprint density at radius 1 is 1.28 bits per heavy atom. The summed E-state index contributed by atoms with van der Waals surface area (Å²) in [4.78, 5) is 15.9. The number of anilines is 1. The van der Waals surface area contributed by atoms with Gasteiger partial charge in [0.25, 0.3) is 5.91 Å². The van der Waals surface area contributed by atoms with Crippen molar-refractivity contribution in [3.05, 3.63) is 59.5 Å². The average molecular weight is 245 g/mol. The second kappa shape index (κ2) is 5.37. The van der Waals surface area contributed by atoms with Gasteiger partial charge in [-0.3, -0.25) is 4.79 Å². The maximum Gasteiger partial charge on any atom is 0.256 e. The third-order valence-corrected chi connectivity index (χ3v) is 2.34. The van der Waals surface area contributed by atoms with E-state index in [2.05, 4.69) is 10.3 Å². The first kappa shape index (κ1) is 12.2. The van der Waals surface area contributed by atoms with Crippen molar-refractivity contribution in [1.82, 2.24) is 4.98 Å². The van der Waals surface area contributed by atoms with Crippen LogP contribution in [0.5, 0.6) is 0 Å². The first-order valence-electron chi connectivity index (χ1n) is 5.42. The van der Waals surface area contributed by atoms with Gasteiger partial charge in [0.1, 0.15) is 11.6 Å². The Balaban J connectivity index is 2.16. The highest BCUT2D eigenvalue weighted by molar-refractivity contribution is 6.03. The fourth-order valence-electron chi connectivity index (χ4n) is 1.48. The molecule has 0 saturated heterocycles. The third kappa shape index (κ3) is 2.89. The predicted molar refractivity (Wildman–Crippen MR) is 66.5 cm³/mol. The average Bonchev–Trinajstić information content (AvgIpc) is 2.39. The molecule has 92 valence electrons. The minimum absolute atomic E-state index is 0.245. The topological polar surface area (TPSA) is 68.0 Å². The zero-order valence-corrected chi connectivity index (χ0v) is 9.56. The minimum atomic E-state index is -0.452. The predicted octanol–water partition coefficient (Wildman–Crippen LogP) is 1.93. The molecular weight excluding hydrogens is 233 g/mol. The second-order valence-corrected chi connectivity index (χ2v) is 3.68. The summed E-state index contributed by atoms with van der Waals surface area (Å²) in [6.45, 7) is 0.295. The molecule has 0 aliphatic carbocycles. The lowest BCUT2D eigenvalue weighted by molar-refractivity contribution is 0.102. The summed E-state index contributed by atoms with van der Waals surface area (Å²) < 4.78 is 13.0. The number of aromatic nitrogens is 1. The summed E-state index contributed by atoms with van der Waals surface area (Å²) in [6.07, 6.45) is 0. The van der Waals surface area contributed by atoms with Crippen molar-refractivity contribution in [3.8, 4) is 0 Å². The standard InChI is InChI=1S/C13H12FN3O/c14-10-4-1-3-9(7-10)13(18)17-12-6-2-5-11(8-15)16-12/h1-7H,8,15H2,(H,16,17,18). The number of rotatable bonds is 3. The van der Waals surface area contributed by atoms with E-state index in [1.807, 2.05) is 0 Å². The maximum absolute atomic E-state index is 13.0. The monoisotopic (exact) mass is 245 g/mol. The molecule has 0 unspecified atom stereocenters. The summed E-state index contributed by atoms with van der Waals surface area (Å²) >= 11 is 0. The fraction of sp³-hybridized carbons (Fsp3) is 0.0769. The van der Waals surface area contributed by atoms with Gasteiger partial charge in [0.15, 0.2) is 0 Å². The van der Waals surface area contributed by atoms with E-state index in [-0.39, 0.29) is 5.56 Å². The van der Waals surface area contributed by atoms with E-state index in [0.717, 1.165) is 0 Å². The number of halogens is 1. The van der Waals surface area contributed by atoms with Crippen molar-refractivity contribution in [2.45, 2.75) is 6.54 Å². The van der Waals surface area contributed by atoms with E-state index in [0.29, 0.717) is 18.1 Å². The zero-order valence-electron chi connectivity index (χ0n) is 9.56. The van der Waals surface area contributed by atoms with Crippen molar-refractivity contribution < 1.29 is 9.18 Å². The van der Waals surface area contributed by atoms with Crippen molar-refractivity contribution in [2.24, 2.45) is 5.73 Å². The van der Waals surface area contributed by atoms with E-state index in [9.17, 15) is 9.18 Å². The van der Waals surface area contributed by atoms with E-state index in [1.165, 1.54) is 24.3 Å². The van der Waals surface area contributed by atoms with Crippen molar-refractivity contribution in [3.63, 3.8) is 0 Å². The molecule has 0 fully saturated rings.